The van der Waals surface area contributed by atoms with Crippen molar-refractivity contribution in [3.8, 4) is 11.5 Å². The molecule has 1 aliphatic heterocycles. The van der Waals surface area contributed by atoms with Gasteiger partial charge in [-0.05, 0) is 23.8 Å². The van der Waals surface area contributed by atoms with E-state index in [1.54, 1.807) is 6.07 Å². The van der Waals surface area contributed by atoms with Crippen LogP contribution in [-0.2, 0) is 4.79 Å². The molecule has 1 aromatic carbocycles. The van der Waals surface area contributed by atoms with Gasteiger partial charge in [0.15, 0.2) is 11.5 Å². The van der Waals surface area contributed by atoms with E-state index in [4.69, 9.17) is 4.74 Å². The van der Waals surface area contributed by atoms with Gasteiger partial charge in [-0.1, -0.05) is 22.0 Å². The van der Waals surface area contributed by atoms with Crippen LogP contribution in [0.3, 0.4) is 0 Å². The molecule has 1 aromatic rings. The number of methoxy groups -OCH3 is 1. The van der Waals surface area contributed by atoms with Crippen LogP contribution in [0, 0.1) is 0 Å². The molecule has 21 heavy (non-hydrogen) atoms. The number of aromatic hydroxyl groups is 1. The van der Waals surface area contributed by atoms with Gasteiger partial charge in [-0.15, -0.1) is 6.58 Å². The second-order valence-corrected chi connectivity index (χ2v) is 5.09. The van der Waals surface area contributed by atoms with Gasteiger partial charge in [0.05, 0.1) is 7.11 Å². The van der Waals surface area contributed by atoms with Crippen LogP contribution >= 0.6 is 15.9 Å². The van der Waals surface area contributed by atoms with Crippen molar-refractivity contribution in [2.45, 2.75) is 0 Å². The molecule has 7 heteroatoms. The Kier molecular flexibility index (Phi) is 4.32. The zero-order valence-corrected chi connectivity index (χ0v) is 12.8. The molecule has 0 saturated carbocycles. The minimum Gasteiger partial charge on any atom is -0.504 e. The highest BCUT2D eigenvalue weighted by molar-refractivity contribution is 9.10. The molecule has 0 aromatic heterocycles. The summed E-state index contributed by atoms with van der Waals surface area (Å²) in [6.07, 6.45) is 2.98. The molecule has 6 nitrogen and oxygen atoms in total. The van der Waals surface area contributed by atoms with Crippen molar-refractivity contribution in [3.05, 3.63) is 40.5 Å². The molecule has 0 spiro atoms. The quantitative estimate of drug-likeness (QED) is 0.494. The summed E-state index contributed by atoms with van der Waals surface area (Å²) in [5, 5.41) is 12.1. The van der Waals surface area contributed by atoms with E-state index in [2.05, 4.69) is 27.8 Å². The molecule has 0 unspecified atom stereocenters. The second-order valence-electron chi connectivity index (χ2n) is 4.24. The number of halogens is 1. The maximum atomic E-state index is 12.1. The van der Waals surface area contributed by atoms with E-state index in [0.29, 0.717) is 10.0 Å². The molecule has 1 saturated heterocycles. The maximum absolute atomic E-state index is 12.1. The maximum Gasteiger partial charge on any atom is 0.329 e. The van der Waals surface area contributed by atoms with Crippen molar-refractivity contribution in [3.63, 3.8) is 0 Å². The van der Waals surface area contributed by atoms with Crippen molar-refractivity contribution < 1.29 is 19.4 Å². The number of phenols is 1. The van der Waals surface area contributed by atoms with Gasteiger partial charge in [0.1, 0.15) is 5.70 Å². The lowest BCUT2D eigenvalue weighted by atomic mass is 10.1. The second kappa shape index (κ2) is 6.01. The van der Waals surface area contributed by atoms with Gasteiger partial charge in [-0.2, -0.15) is 0 Å². The number of carbonyl (C=O) groups excluding carboxylic acids is 2. The number of phenolic OH excluding ortho intramolecular Hbond substituents is 1. The third-order valence-corrected chi connectivity index (χ3v) is 3.56. The van der Waals surface area contributed by atoms with Gasteiger partial charge in [0, 0.05) is 11.0 Å². The van der Waals surface area contributed by atoms with Crippen LogP contribution in [0.4, 0.5) is 4.79 Å². The zero-order chi connectivity index (χ0) is 15.6. The van der Waals surface area contributed by atoms with Gasteiger partial charge in [0.2, 0.25) is 0 Å². The number of carbonyl (C=O) groups is 2. The third-order valence-electron chi connectivity index (χ3n) is 2.87. The normalized spacial score (nSPS) is 16.3. The molecule has 1 fully saturated rings. The lowest BCUT2D eigenvalue weighted by Crippen LogP contribution is -2.30. The zero-order valence-electron chi connectivity index (χ0n) is 11.2. The molecular weight excluding hydrogens is 340 g/mol. The van der Waals surface area contributed by atoms with E-state index in [1.165, 1.54) is 25.3 Å². The summed E-state index contributed by atoms with van der Waals surface area (Å²) in [7, 11) is 1.42. The van der Waals surface area contributed by atoms with E-state index in [9.17, 15) is 14.7 Å². The Balaban J connectivity index is 2.39. The number of nitrogens with one attached hydrogen (secondary N) is 1. The number of ether oxygens (including phenoxy) is 1. The first kappa shape index (κ1) is 15.1. The summed E-state index contributed by atoms with van der Waals surface area (Å²) in [5.74, 6) is -0.190. The highest BCUT2D eigenvalue weighted by atomic mass is 79.9. The van der Waals surface area contributed by atoms with Crippen LogP contribution in [0.1, 0.15) is 5.56 Å². The minimum atomic E-state index is -0.493. The number of nitrogens with zero attached hydrogens (tertiary/aromatic N) is 1. The fraction of sp³-hybridized carbons (Fsp3) is 0.143. The van der Waals surface area contributed by atoms with Crippen molar-refractivity contribution in [1.82, 2.24) is 10.2 Å². The Morgan fingerprint density at radius 1 is 1.48 bits per heavy atom. The predicted molar refractivity (Wildman–Crippen MR) is 80.8 cm³/mol. The van der Waals surface area contributed by atoms with E-state index in [0.717, 1.165) is 4.90 Å². The van der Waals surface area contributed by atoms with Crippen LogP contribution in [0.15, 0.2) is 35.0 Å². The third kappa shape index (κ3) is 2.92. The van der Waals surface area contributed by atoms with Crippen molar-refractivity contribution in [2.24, 2.45) is 0 Å². The van der Waals surface area contributed by atoms with Crippen LogP contribution in [0.2, 0.25) is 0 Å². The number of imide groups is 1. The first-order chi connectivity index (χ1) is 9.97. The minimum absolute atomic E-state index is 0.0263. The van der Waals surface area contributed by atoms with Gasteiger partial charge in [0.25, 0.3) is 5.91 Å². The molecule has 2 rings (SSSR count). The van der Waals surface area contributed by atoms with Crippen LogP contribution < -0.4 is 10.1 Å². The van der Waals surface area contributed by atoms with Crippen LogP contribution in [0.25, 0.3) is 6.08 Å². The Morgan fingerprint density at radius 3 is 2.81 bits per heavy atom. The molecule has 1 heterocycles. The number of urea groups is 1. The lowest BCUT2D eigenvalue weighted by molar-refractivity contribution is -0.122. The SMILES string of the molecule is C=CCN1C(=O)N/C(=C/c2cc(OC)c(O)cc2Br)C1=O. The monoisotopic (exact) mass is 352 g/mol. The number of amides is 3. The summed E-state index contributed by atoms with van der Waals surface area (Å²) >= 11 is 3.28. The summed E-state index contributed by atoms with van der Waals surface area (Å²) in [6.45, 7) is 3.64. The highest BCUT2D eigenvalue weighted by Crippen LogP contribution is 2.33. The summed E-state index contributed by atoms with van der Waals surface area (Å²) in [6, 6.07) is 2.52. The van der Waals surface area contributed by atoms with Gasteiger partial charge in [-0.3, -0.25) is 9.69 Å². The van der Waals surface area contributed by atoms with Crippen LogP contribution in [0.5, 0.6) is 11.5 Å². The van der Waals surface area contributed by atoms with Crippen LogP contribution in [-0.4, -0.2) is 35.6 Å². The first-order valence-corrected chi connectivity index (χ1v) is 6.79. The van der Waals surface area contributed by atoms with Crippen molar-refractivity contribution >= 4 is 33.9 Å². The van der Waals surface area contributed by atoms with E-state index >= 15 is 0 Å². The first-order valence-electron chi connectivity index (χ1n) is 6.00. The molecule has 110 valence electrons. The molecular formula is C14H13BrN2O4. The topological polar surface area (TPSA) is 78.9 Å². The summed E-state index contributed by atoms with van der Waals surface area (Å²) in [5.41, 5.74) is 0.740. The average molecular weight is 353 g/mol. The molecule has 3 amide bonds. The number of rotatable bonds is 4. The molecule has 0 aliphatic carbocycles. The molecule has 0 bridgehead atoms. The van der Waals surface area contributed by atoms with Gasteiger partial charge >= 0.3 is 6.03 Å². The average Bonchev–Trinajstić information content (AvgIpc) is 2.70. The summed E-state index contributed by atoms with van der Waals surface area (Å²) in [4.78, 5) is 24.8. The largest absolute Gasteiger partial charge is 0.504 e. The predicted octanol–water partition coefficient (Wildman–Crippen LogP) is 2.24. The van der Waals surface area contributed by atoms with E-state index in [-0.39, 0.29) is 23.7 Å². The molecule has 0 radical (unpaired) electrons. The summed E-state index contributed by atoms with van der Waals surface area (Å²) < 4.78 is 5.58. The number of hydrogen-bond donors (Lipinski definition) is 2. The Hall–Kier alpha value is -2.28. The Bertz CT molecular complexity index is 655. The van der Waals surface area contributed by atoms with Gasteiger partial charge in [-0.25, -0.2) is 4.79 Å². The Morgan fingerprint density at radius 2 is 2.19 bits per heavy atom. The smallest absolute Gasteiger partial charge is 0.329 e. The van der Waals surface area contributed by atoms with E-state index < -0.39 is 11.9 Å². The van der Waals surface area contributed by atoms with Crippen molar-refractivity contribution in [1.29, 1.82) is 0 Å². The van der Waals surface area contributed by atoms with Gasteiger partial charge < -0.3 is 15.2 Å². The fourth-order valence-corrected chi connectivity index (χ4v) is 2.30. The van der Waals surface area contributed by atoms with Crippen molar-refractivity contribution in [2.75, 3.05) is 13.7 Å². The standard InChI is InChI=1S/C14H13BrN2O4/c1-3-4-17-13(19)10(16-14(17)20)5-8-6-12(21-2)11(18)7-9(8)15/h3,5-7,18H,1,4H2,2H3,(H,16,20)/b10-5+. The lowest BCUT2D eigenvalue weighted by Gasteiger charge is -2.08. The number of hydrogen-bond acceptors (Lipinski definition) is 4. The molecule has 2 N–H and O–H groups in total. The fourth-order valence-electron chi connectivity index (χ4n) is 1.85. The molecule has 0 atom stereocenters. The van der Waals surface area contributed by atoms with E-state index in [1.807, 2.05) is 0 Å². The number of benzene rings is 1. The molecule has 1 aliphatic rings. The Labute approximate surface area is 129 Å². The highest BCUT2D eigenvalue weighted by Gasteiger charge is 2.32.